The number of hydrogen-bond acceptors (Lipinski definition) is 4. The summed E-state index contributed by atoms with van der Waals surface area (Å²) in [5.74, 6) is 0.622. The van der Waals surface area contributed by atoms with E-state index in [4.69, 9.17) is 4.74 Å². The van der Waals surface area contributed by atoms with Crippen LogP contribution in [0.5, 0.6) is 5.75 Å². The second-order valence-electron chi connectivity index (χ2n) is 4.49. The fraction of sp³-hybridized carbons (Fsp3) is 0.188. The van der Waals surface area contributed by atoms with Crippen molar-refractivity contribution >= 4 is 29.4 Å². The molecule has 20 heavy (non-hydrogen) atoms. The Bertz CT molecular complexity index is 670. The topological polar surface area (TPSA) is 29.5 Å². The van der Waals surface area contributed by atoms with Crippen LogP contribution in [-0.4, -0.2) is 19.9 Å². The van der Waals surface area contributed by atoms with Gasteiger partial charge in [0.25, 0.3) is 0 Å². The molecular formula is C16H15NO2S. The molecule has 0 fully saturated rings. The number of carbonyl (C=O) groups is 1. The van der Waals surface area contributed by atoms with Gasteiger partial charge in [-0.15, -0.1) is 0 Å². The molecule has 0 bridgehead atoms. The minimum absolute atomic E-state index is 0.592. The number of rotatable bonds is 3. The molecule has 0 amide bonds. The number of para-hydroxylation sites is 1. The van der Waals surface area contributed by atoms with E-state index in [1.54, 1.807) is 18.9 Å². The van der Waals surface area contributed by atoms with Gasteiger partial charge in [-0.25, -0.2) is 0 Å². The lowest BCUT2D eigenvalue weighted by molar-refractivity contribution is 0.112. The summed E-state index contributed by atoms with van der Waals surface area (Å²) in [5.41, 5.74) is 2.89. The average molecular weight is 285 g/mol. The first-order valence-corrected chi connectivity index (χ1v) is 7.31. The predicted molar refractivity (Wildman–Crippen MR) is 81.6 cm³/mol. The minimum atomic E-state index is 0.592. The average Bonchev–Trinajstić information content (AvgIpc) is 2.51. The zero-order valence-electron chi connectivity index (χ0n) is 11.4. The Morgan fingerprint density at radius 2 is 2.00 bits per heavy atom. The van der Waals surface area contributed by atoms with Gasteiger partial charge in [-0.3, -0.25) is 4.79 Å². The Morgan fingerprint density at radius 3 is 2.70 bits per heavy atom. The van der Waals surface area contributed by atoms with Crippen molar-refractivity contribution in [3.63, 3.8) is 0 Å². The van der Waals surface area contributed by atoms with Crippen LogP contribution in [0.3, 0.4) is 0 Å². The highest BCUT2D eigenvalue weighted by molar-refractivity contribution is 7.99. The Labute approximate surface area is 122 Å². The monoisotopic (exact) mass is 285 g/mol. The van der Waals surface area contributed by atoms with E-state index in [9.17, 15) is 4.79 Å². The van der Waals surface area contributed by atoms with Crippen LogP contribution in [0.25, 0.3) is 0 Å². The normalized spacial score (nSPS) is 12.6. The van der Waals surface area contributed by atoms with Crippen LogP contribution < -0.4 is 9.64 Å². The van der Waals surface area contributed by atoms with Crippen LogP contribution >= 0.6 is 11.8 Å². The molecule has 2 aromatic rings. The standard InChI is InChI=1S/C16H15NO2S/c1-3-17-12-6-4-5-7-15(12)20-16-8-11(10-18)14(19-2)9-13(16)17/h4-10H,3H2,1-2H3. The molecule has 0 saturated carbocycles. The number of fused-ring (bicyclic) bond motifs is 2. The molecule has 0 aromatic heterocycles. The molecule has 0 N–H and O–H groups in total. The van der Waals surface area contributed by atoms with Gasteiger partial charge in [-0.2, -0.15) is 0 Å². The Hall–Kier alpha value is -1.94. The maximum atomic E-state index is 11.2. The van der Waals surface area contributed by atoms with E-state index >= 15 is 0 Å². The van der Waals surface area contributed by atoms with Gasteiger partial charge >= 0.3 is 0 Å². The molecule has 0 saturated heterocycles. The predicted octanol–water partition coefficient (Wildman–Crippen LogP) is 4.13. The van der Waals surface area contributed by atoms with Gasteiger partial charge in [-0.05, 0) is 25.1 Å². The molecule has 4 heteroatoms. The maximum absolute atomic E-state index is 11.2. The third-order valence-corrected chi connectivity index (χ3v) is 4.53. The molecule has 1 heterocycles. The van der Waals surface area contributed by atoms with Crippen molar-refractivity contribution in [3.8, 4) is 5.75 Å². The van der Waals surface area contributed by atoms with E-state index in [0.29, 0.717) is 11.3 Å². The molecule has 1 aliphatic rings. The van der Waals surface area contributed by atoms with Crippen LogP contribution in [0, 0.1) is 0 Å². The first kappa shape index (κ1) is 13.1. The van der Waals surface area contributed by atoms with Crippen molar-refractivity contribution in [2.75, 3.05) is 18.6 Å². The highest BCUT2D eigenvalue weighted by atomic mass is 32.2. The summed E-state index contributed by atoms with van der Waals surface area (Å²) in [6.45, 7) is 2.99. The van der Waals surface area contributed by atoms with Gasteiger partial charge in [0.05, 0.1) is 24.0 Å². The third kappa shape index (κ3) is 1.96. The maximum Gasteiger partial charge on any atom is 0.153 e. The lowest BCUT2D eigenvalue weighted by Crippen LogP contribution is -2.20. The Kier molecular flexibility index (Phi) is 3.40. The SMILES string of the molecule is CCN1c2ccccc2Sc2cc(C=O)c(OC)cc21. The van der Waals surface area contributed by atoms with E-state index in [2.05, 4.69) is 24.0 Å². The number of ether oxygens (including phenoxy) is 1. The van der Waals surface area contributed by atoms with E-state index in [-0.39, 0.29) is 0 Å². The van der Waals surface area contributed by atoms with Crippen molar-refractivity contribution in [1.82, 2.24) is 0 Å². The summed E-state index contributed by atoms with van der Waals surface area (Å²) in [6, 6.07) is 12.2. The lowest BCUT2D eigenvalue weighted by Gasteiger charge is -2.32. The van der Waals surface area contributed by atoms with E-state index < -0.39 is 0 Å². The molecule has 1 aliphatic heterocycles. The number of nitrogens with zero attached hydrogens (tertiary/aromatic N) is 1. The number of anilines is 2. The number of aldehydes is 1. The van der Waals surface area contributed by atoms with Gasteiger partial charge in [0, 0.05) is 22.4 Å². The highest BCUT2D eigenvalue weighted by Gasteiger charge is 2.23. The molecule has 3 nitrogen and oxygen atoms in total. The fourth-order valence-electron chi connectivity index (χ4n) is 2.48. The van der Waals surface area contributed by atoms with Gasteiger partial charge < -0.3 is 9.64 Å². The Morgan fingerprint density at radius 1 is 1.20 bits per heavy atom. The first-order chi connectivity index (χ1) is 9.78. The third-order valence-electron chi connectivity index (χ3n) is 3.42. The van der Waals surface area contributed by atoms with E-state index in [1.807, 2.05) is 24.3 Å². The molecule has 102 valence electrons. The van der Waals surface area contributed by atoms with Crippen molar-refractivity contribution in [2.45, 2.75) is 16.7 Å². The van der Waals surface area contributed by atoms with Crippen LogP contribution in [-0.2, 0) is 0 Å². The second kappa shape index (κ2) is 5.21. The summed E-state index contributed by atoms with van der Waals surface area (Å²) in [4.78, 5) is 15.7. The van der Waals surface area contributed by atoms with Crippen molar-refractivity contribution in [3.05, 3.63) is 42.0 Å². The summed E-state index contributed by atoms with van der Waals surface area (Å²) in [5, 5.41) is 0. The zero-order chi connectivity index (χ0) is 14.1. The number of carbonyl (C=O) groups excluding carboxylic acids is 1. The zero-order valence-corrected chi connectivity index (χ0v) is 12.2. The molecule has 0 aliphatic carbocycles. The summed E-state index contributed by atoms with van der Waals surface area (Å²) in [7, 11) is 1.59. The minimum Gasteiger partial charge on any atom is -0.496 e. The van der Waals surface area contributed by atoms with E-state index in [0.717, 1.165) is 23.4 Å². The summed E-state index contributed by atoms with van der Waals surface area (Å²) < 4.78 is 5.32. The fourth-order valence-corrected chi connectivity index (χ4v) is 3.61. The largest absolute Gasteiger partial charge is 0.496 e. The van der Waals surface area contributed by atoms with E-state index in [1.165, 1.54) is 10.6 Å². The Balaban J connectivity index is 2.19. The molecule has 0 radical (unpaired) electrons. The van der Waals surface area contributed by atoms with Crippen molar-refractivity contribution in [2.24, 2.45) is 0 Å². The molecule has 0 spiro atoms. The first-order valence-electron chi connectivity index (χ1n) is 6.50. The smallest absolute Gasteiger partial charge is 0.153 e. The van der Waals surface area contributed by atoms with Gasteiger partial charge in [0.1, 0.15) is 5.75 Å². The van der Waals surface area contributed by atoms with Crippen LogP contribution in [0.1, 0.15) is 17.3 Å². The molecule has 0 atom stereocenters. The van der Waals surface area contributed by atoms with Gasteiger partial charge in [0.2, 0.25) is 0 Å². The quantitative estimate of drug-likeness (QED) is 0.793. The van der Waals surface area contributed by atoms with Crippen molar-refractivity contribution in [1.29, 1.82) is 0 Å². The summed E-state index contributed by atoms with van der Waals surface area (Å²) >= 11 is 1.69. The van der Waals surface area contributed by atoms with Crippen LogP contribution in [0.4, 0.5) is 11.4 Å². The molecule has 3 rings (SSSR count). The highest BCUT2D eigenvalue weighted by Crippen LogP contribution is 2.49. The number of hydrogen-bond donors (Lipinski definition) is 0. The second-order valence-corrected chi connectivity index (χ2v) is 5.58. The lowest BCUT2D eigenvalue weighted by atomic mass is 10.1. The van der Waals surface area contributed by atoms with Gasteiger partial charge in [0.15, 0.2) is 6.29 Å². The molecular weight excluding hydrogens is 270 g/mol. The number of methoxy groups -OCH3 is 1. The van der Waals surface area contributed by atoms with Crippen LogP contribution in [0.2, 0.25) is 0 Å². The van der Waals surface area contributed by atoms with Gasteiger partial charge in [-0.1, -0.05) is 23.9 Å². The molecule has 0 unspecified atom stereocenters. The van der Waals surface area contributed by atoms with Crippen LogP contribution in [0.15, 0.2) is 46.2 Å². The summed E-state index contributed by atoms with van der Waals surface area (Å²) in [6.07, 6.45) is 0.844. The number of benzene rings is 2. The van der Waals surface area contributed by atoms with Crippen molar-refractivity contribution < 1.29 is 9.53 Å². The molecule has 2 aromatic carbocycles.